The second-order valence-electron chi connectivity index (χ2n) is 5.83. The van der Waals surface area contributed by atoms with Gasteiger partial charge >= 0.3 is 5.97 Å². The van der Waals surface area contributed by atoms with Crippen molar-refractivity contribution in [2.24, 2.45) is 0 Å². The van der Waals surface area contributed by atoms with Crippen LogP contribution in [-0.4, -0.2) is 30.9 Å². The summed E-state index contributed by atoms with van der Waals surface area (Å²) in [5.41, 5.74) is 0.649. The summed E-state index contributed by atoms with van der Waals surface area (Å²) in [6.07, 6.45) is 0. The quantitative estimate of drug-likeness (QED) is 0.642. The summed E-state index contributed by atoms with van der Waals surface area (Å²) in [6.45, 7) is 1.18. The Bertz CT molecular complexity index is 991. The first-order valence-corrected chi connectivity index (χ1v) is 9.12. The molecule has 0 spiro atoms. The number of thiophene rings is 1. The minimum absolute atomic E-state index is 0.294. The first-order chi connectivity index (χ1) is 13.0. The molecule has 1 aromatic heterocycles. The average molecular weight is 382 g/mol. The standard InChI is InChI=1S/C20H18N2O4S/c1-13-9-10-17(27-13)20(25)21-11-19(24)26-12-18(23)22-16-8-4-6-14-5-2-3-7-15(14)16/h2-10H,11-12H2,1H3,(H,21,25)(H,22,23). The molecule has 0 fully saturated rings. The third-order valence-electron chi connectivity index (χ3n) is 3.79. The number of carbonyl (C=O) groups excluding carboxylic acids is 3. The maximum Gasteiger partial charge on any atom is 0.325 e. The second kappa shape index (κ2) is 8.46. The van der Waals surface area contributed by atoms with Crippen LogP contribution in [0.4, 0.5) is 5.69 Å². The van der Waals surface area contributed by atoms with Crippen LogP contribution in [0.25, 0.3) is 10.8 Å². The SMILES string of the molecule is Cc1ccc(C(=O)NCC(=O)OCC(=O)Nc2cccc3ccccc23)s1. The Hall–Kier alpha value is -3.19. The predicted octanol–water partition coefficient (Wildman–Crippen LogP) is 3.12. The Balaban J connectivity index is 1.47. The number of rotatable bonds is 6. The molecule has 2 aromatic carbocycles. The van der Waals surface area contributed by atoms with Gasteiger partial charge in [-0.25, -0.2) is 0 Å². The van der Waals surface area contributed by atoms with Crippen molar-refractivity contribution in [1.82, 2.24) is 5.32 Å². The van der Waals surface area contributed by atoms with E-state index in [1.165, 1.54) is 11.3 Å². The molecule has 0 bridgehead atoms. The number of esters is 1. The molecule has 0 radical (unpaired) electrons. The van der Waals surface area contributed by atoms with Crippen LogP contribution in [0.1, 0.15) is 14.5 Å². The van der Waals surface area contributed by atoms with Gasteiger partial charge in [0.15, 0.2) is 6.61 Å². The molecular formula is C20H18N2O4S. The van der Waals surface area contributed by atoms with E-state index in [0.29, 0.717) is 10.6 Å². The van der Waals surface area contributed by atoms with E-state index in [4.69, 9.17) is 4.74 Å². The Kier molecular flexibility index (Phi) is 5.83. The lowest BCUT2D eigenvalue weighted by molar-refractivity contribution is -0.146. The summed E-state index contributed by atoms with van der Waals surface area (Å²) in [6, 6.07) is 16.7. The average Bonchev–Trinajstić information content (AvgIpc) is 3.11. The number of aryl methyl sites for hydroxylation is 1. The number of amides is 2. The zero-order valence-electron chi connectivity index (χ0n) is 14.7. The van der Waals surface area contributed by atoms with E-state index in [-0.39, 0.29) is 12.5 Å². The van der Waals surface area contributed by atoms with E-state index in [2.05, 4.69) is 10.6 Å². The van der Waals surface area contributed by atoms with E-state index in [1.54, 1.807) is 12.1 Å². The van der Waals surface area contributed by atoms with Gasteiger partial charge in [-0.3, -0.25) is 14.4 Å². The van der Waals surface area contributed by atoms with Gasteiger partial charge in [-0.05, 0) is 30.5 Å². The number of hydrogen-bond donors (Lipinski definition) is 2. The van der Waals surface area contributed by atoms with Crippen molar-refractivity contribution in [3.8, 4) is 0 Å². The van der Waals surface area contributed by atoms with Crippen molar-refractivity contribution in [1.29, 1.82) is 0 Å². The molecule has 138 valence electrons. The zero-order chi connectivity index (χ0) is 19.2. The van der Waals surface area contributed by atoms with Crippen LogP contribution >= 0.6 is 11.3 Å². The van der Waals surface area contributed by atoms with Crippen LogP contribution in [0.2, 0.25) is 0 Å². The smallest absolute Gasteiger partial charge is 0.325 e. The number of anilines is 1. The van der Waals surface area contributed by atoms with Crippen LogP contribution in [0, 0.1) is 6.92 Å². The number of hydrogen-bond acceptors (Lipinski definition) is 5. The molecular weight excluding hydrogens is 364 g/mol. The molecule has 0 aliphatic rings. The maximum absolute atomic E-state index is 12.0. The van der Waals surface area contributed by atoms with Crippen LogP contribution in [-0.2, 0) is 14.3 Å². The molecule has 7 heteroatoms. The summed E-state index contributed by atoms with van der Waals surface area (Å²) in [5.74, 6) is -1.46. The molecule has 1 heterocycles. The molecule has 2 amide bonds. The van der Waals surface area contributed by atoms with Crippen molar-refractivity contribution in [2.75, 3.05) is 18.5 Å². The molecule has 3 aromatic rings. The summed E-state index contributed by atoms with van der Waals surface area (Å²) in [4.78, 5) is 37.2. The van der Waals surface area contributed by atoms with Crippen LogP contribution in [0.15, 0.2) is 54.6 Å². The highest BCUT2D eigenvalue weighted by Crippen LogP contribution is 2.22. The number of benzene rings is 2. The Morgan fingerprint density at radius 1 is 1.00 bits per heavy atom. The van der Waals surface area contributed by atoms with Gasteiger partial charge in [0, 0.05) is 16.0 Å². The van der Waals surface area contributed by atoms with Gasteiger partial charge < -0.3 is 15.4 Å². The summed E-state index contributed by atoms with van der Waals surface area (Å²) >= 11 is 1.34. The van der Waals surface area contributed by atoms with Gasteiger partial charge in [0.2, 0.25) is 0 Å². The lowest BCUT2D eigenvalue weighted by Gasteiger charge is -2.09. The highest BCUT2D eigenvalue weighted by Gasteiger charge is 2.12. The first kappa shape index (κ1) is 18.6. The van der Waals surface area contributed by atoms with E-state index in [0.717, 1.165) is 15.6 Å². The summed E-state index contributed by atoms with van der Waals surface area (Å²) in [7, 11) is 0. The van der Waals surface area contributed by atoms with Gasteiger partial charge in [-0.2, -0.15) is 0 Å². The molecule has 0 atom stereocenters. The molecule has 6 nitrogen and oxygen atoms in total. The molecule has 0 aliphatic heterocycles. The Morgan fingerprint density at radius 3 is 2.56 bits per heavy atom. The van der Waals surface area contributed by atoms with Gasteiger partial charge in [-0.15, -0.1) is 11.3 Å². The van der Waals surface area contributed by atoms with Gasteiger partial charge in [-0.1, -0.05) is 36.4 Å². The fraction of sp³-hybridized carbons (Fsp3) is 0.150. The number of nitrogens with one attached hydrogen (secondary N) is 2. The third-order valence-corrected chi connectivity index (χ3v) is 4.78. The van der Waals surface area contributed by atoms with Crippen molar-refractivity contribution in [2.45, 2.75) is 6.92 Å². The molecule has 3 rings (SSSR count). The van der Waals surface area contributed by atoms with Crippen molar-refractivity contribution < 1.29 is 19.1 Å². The zero-order valence-corrected chi connectivity index (χ0v) is 15.5. The number of carbonyl (C=O) groups is 3. The minimum Gasteiger partial charge on any atom is -0.454 e. The predicted molar refractivity (Wildman–Crippen MR) is 105 cm³/mol. The van der Waals surface area contributed by atoms with Crippen molar-refractivity contribution >= 4 is 45.6 Å². The van der Waals surface area contributed by atoms with Gasteiger partial charge in [0.1, 0.15) is 6.54 Å². The van der Waals surface area contributed by atoms with E-state index in [9.17, 15) is 14.4 Å². The third kappa shape index (κ3) is 4.92. The number of ether oxygens (including phenoxy) is 1. The van der Waals surface area contributed by atoms with Gasteiger partial charge in [0.05, 0.1) is 4.88 Å². The highest BCUT2D eigenvalue weighted by molar-refractivity contribution is 7.13. The molecule has 27 heavy (non-hydrogen) atoms. The molecule has 0 aliphatic carbocycles. The lowest BCUT2D eigenvalue weighted by atomic mass is 10.1. The topological polar surface area (TPSA) is 84.5 Å². The normalized spacial score (nSPS) is 10.4. The molecule has 0 saturated heterocycles. The fourth-order valence-electron chi connectivity index (χ4n) is 2.51. The minimum atomic E-state index is -0.676. The fourth-order valence-corrected chi connectivity index (χ4v) is 3.30. The maximum atomic E-state index is 12.0. The lowest BCUT2D eigenvalue weighted by Crippen LogP contribution is -2.31. The monoisotopic (exact) mass is 382 g/mol. The second-order valence-corrected chi connectivity index (χ2v) is 7.12. The largest absolute Gasteiger partial charge is 0.454 e. The summed E-state index contributed by atoms with van der Waals surface area (Å²) in [5, 5.41) is 7.11. The first-order valence-electron chi connectivity index (χ1n) is 8.31. The number of fused-ring (bicyclic) bond motifs is 1. The van der Waals surface area contributed by atoms with Crippen LogP contribution < -0.4 is 10.6 Å². The Morgan fingerprint density at radius 2 is 1.78 bits per heavy atom. The van der Waals surface area contributed by atoms with Crippen LogP contribution in [0.5, 0.6) is 0 Å². The molecule has 0 saturated carbocycles. The van der Waals surface area contributed by atoms with Crippen molar-refractivity contribution in [3.63, 3.8) is 0 Å². The summed E-state index contributed by atoms with van der Waals surface area (Å²) < 4.78 is 4.92. The highest BCUT2D eigenvalue weighted by atomic mass is 32.1. The van der Waals surface area contributed by atoms with E-state index in [1.807, 2.05) is 49.4 Å². The van der Waals surface area contributed by atoms with Crippen molar-refractivity contribution in [3.05, 3.63) is 64.4 Å². The van der Waals surface area contributed by atoms with Gasteiger partial charge in [0.25, 0.3) is 11.8 Å². The van der Waals surface area contributed by atoms with Crippen LogP contribution in [0.3, 0.4) is 0 Å². The van der Waals surface area contributed by atoms with E-state index < -0.39 is 18.5 Å². The molecule has 0 unspecified atom stereocenters. The molecule has 2 N–H and O–H groups in total. The Labute approximate surface area is 160 Å². The van der Waals surface area contributed by atoms with E-state index >= 15 is 0 Å².